The Morgan fingerprint density at radius 2 is 0.535 bits per heavy atom. The third-order valence-electron chi connectivity index (χ3n) is 15.4. The van der Waals surface area contributed by atoms with Gasteiger partial charge in [-0.15, -0.1) is 0 Å². The van der Waals surface area contributed by atoms with Crippen LogP contribution in [0.3, 0.4) is 0 Å². The summed E-state index contributed by atoms with van der Waals surface area (Å²) in [5.74, 6) is 0.0806. The van der Waals surface area contributed by atoms with Crippen LogP contribution in [-0.2, 0) is 65.4 Å². The van der Waals surface area contributed by atoms with Crippen LogP contribution in [0.4, 0.5) is 0 Å². The van der Waals surface area contributed by atoms with Crippen LogP contribution in [0, 0.1) is 17.8 Å². The molecule has 0 aromatic rings. The van der Waals surface area contributed by atoms with Crippen molar-refractivity contribution in [2.24, 2.45) is 17.8 Å². The van der Waals surface area contributed by atoms with E-state index in [1.54, 1.807) is 0 Å². The minimum atomic E-state index is -4.95. The fraction of sp³-hybridized carbons (Fsp3) is 0.940. The molecule has 0 heterocycles. The molecule has 0 fully saturated rings. The molecule has 0 aliphatic carbocycles. The van der Waals surface area contributed by atoms with Crippen LogP contribution in [0.5, 0.6) is 0 Å². The number of unbranched alkanes of at least 4 members (excludes halogenated alkanes) is 33. The van der Waals surface area contributed by atoms with Gasteiger partial charge in [0.25, 0.3) is 0 Å². The third-order valence-corrected chi connectivity index (χ3v) is 17.3. The molecule has 510 valence electrons. The second-order valence-corrected chi connectivity index (χ2v) is 28.5. The Morgan fingerprint density at radius 3 is 0.791 bits per heavy atom. The summed E-state index contributed by atoms with van der Waals surface area (Å²) in [6, 6.07) is 0. The monoisotopic (exact) mass is 1270 g/mol. The van der Waals surface area contributed by atoms with Crippen molar-refractivity contribution < 1.29 is 80.2 Å². The third kappa shape index (κ3) is 60.9. The summed E-state index contributed by atoms with van der Waals surface area (Å²) < 4.78 is 68.1. The van der Waals surface area contributed by atoms with E-state index >= 15 is 0 Å². The molecular formula is C67H130O17P2. The first-order chi connectivity index (χ1) is 41.2. The number of phosphoric ester groups is 2. The van der Waals surface area contributed by atoms with Crippen molar-refractivity contribution >= 4 is 39.5 Å². The van der Waals surface area contributed by atoms with Crippen molar-refractivity contribution in [2.45, 2.75) is 349 Å². The molecular weight excluding hydrogens is 1140 g/mol. The fourth-order valence-corrected chi connectivity index (χ4v) is 11.6. The van der Waals surface area contributed by atoms with Gasteiger partial charge in [0.05, 0.1) is 26.4 Å². The van der Waals surface area contributed by atoms with E-state index in [9.17, 15) is 43.2 Å². The molecule has 5 atom stereocenters. The number of hydrogen-bond donors (Lipinski definition) is 3. The molecule has 0 aromatic heterocycles. The van der Waals surface area contributed by atoms with Crippen LogP contribution in [0.15, 0.2) is 0 Å². The summed E-state index contributed by atoms with van der Waals surface area (Å²) in [5, 5.41) is 10.5. The highest BCUT2D eigenvalue weighted by Gasteiger charge is 2.30. The molecule has 0 bridgehead atoms. The Balaban J connectivity index is 5.22. The van der Waals surface area contributed by atoms with Gasteiger partial charge < -0.3 is 33.8 Å². The van der Waals surface area contributed by atoms with Crippen LogP contribution in [0.25, 0.3) is 0 Å². The zero-order valence-corrected chi connectivity index (χ0v) is 57.6. The van der Waals surface area contributed by atoms with Crippen LogP contribution in [-0.4, -0.2) is 96.7 Å². The van der Waals surface area contributed by atoms with Gasteiger partial charge in [-0.25, -0.2) is 9.13 Å². The predicted molar refractivity (Wildman–Crippen MR) is 344 cm³/mol. The average Bonchev–Trinajstić information content (AvgIpc) is 3.62. The number of carbonyl (C=O) groups is 4. The van der Waals surface area contributed by atoms with Crippen LogP contribution in [0.1, 0.15) is 331 Å². The number of hydrogen-bond acceptors (Lipinski definition) is 15. The zero-order chi connectivity index (χ0) is 63.8. The maximum atomic E-state index is 13.0. The first-order valence-corrected chi connectivity index (χ1v) is 37.8. The van der Waals surface area contributed by atoms with Gasteiger partial charge in [0.2, 0.25) is 0 Å². The molecule has 0 aromatic carbocycles. The van der Waals surface area contributed by atoms with E-state index < -0.39 is 97.5 Å². The number of carbonyl (C=O) groups excluding carboxylic acids is 4. The maximum absolute atomic E-state index is 13.0. The summed E-state index contributed by atoms with van der Waals surface area (Å²) in [4.78, 5) is 72.3. The van der Waals surface area contributed by atoms with Gasteiger partial charge in [-0.05, 0) is 43.4 Å². The largest absolute Gasteiger partial charge is 0.472 e. The lowest BCUT2D eigenvalue weighted by Crippen LogP contribution is -2.30. The highest BCUT2D eigenvalue weighted by atomic mass is 31.2. The lowest BCUT2D eigenvalue weighted by atomic mass is 10.0. The van der Waals surface area contributed by atoms with Crippen molar-refractivity contribution in [1.82, 2.24) is 0 Å². The zero-order valence-electron chi connectivity index (χ0n) is 55.8. The van der Waals surface area contributed by atoms with Crippen molar-refractivity contribution in [2.75, 3.05) is 39.6 Å². The molecule has 0 amide bonds. The molecule has 0 radical (unpaired) electrons. The van der Waals surface area contributed by atoms with Gasteiger partial charge in [-0.1, -0.05) is 280 Å². The Kier molecular flexibility index (Phi) is 56.9. The van der Waals surface area contributed by atoms with Gasteiger partial charge in [0.15, 0.2) is 12.2 Å². The summed E-state index contributed by atoms with van der Waals surface area (Å²) in [6.45, 7) is 11.7. The van der Waals surface area contributed by atoms with E-state index in [-0.39, 0.29) is 25.7 Å². The summed E-state index contributed by atoms with van der Waals surface area (Å²) in [7, 11) is -9.89. The minimum Gasteiger partial charge on any atom is -0.462 e. The van der Waals surface area contributed by atoms with Crippen LogP contribution in [0.2, 0.25) is 0 Å². The molecule has 0 saturated carbocycles. The minimum absolute atomic E-state index is 0.102. The topological polar surface area (TPSA) is 237 Å². The lowest BCUT2D eigenvalue weighted by molar-refractivity contribution is -0.161. The normalized spacial score (nSPS) is 14.3. The molecule has 86 heavy (non-hydrogen) atoms. The van der Waals surface area contributed by atoms with Gasteiger partial charge in [-0.2, -0.15) is 0 Å². The number of esters is 4. The average molecular weight is 1270 g/mol. The van der Waals surface area contributed by atoms with Gasteiger partial charge >= 0.3 is 39.5 Å². The number of phosphoric acid groups is 2. The lowest BCUT2D eigenvalue weighted by Gasteiger charge is -2.21. The summed E-state index contributed by atoms with van der Waals surface area (Å²) >= 11 is 0. The molecule has 0 spiro atoms. The summed E-state index contributed by atoms with van der Waals surface area (Å²) in [5.41, 5.74) is 0. The number of aliphatic hydroxyl groups is 1. The van der Waals surface area contributed by atoms with Crippen molar-refractivity contribution in [3.05, 3.63) is 0 Å². The Bertz CT molecular complexity index is 1700. The predicted octanol–water partition coefficient (Wildman–Crippen LogP) is 18.7. The van der Waals surface area contributed by atoms with Crippen molar-refractivity contribution in [1.29, 1.82) is 0 Å². The van der Waals surface area contributed by atoms with Crippen LogP contribution < -0.4 is 0 Å². The van der Waals surface area contributed by atoms with E-state index in [0.717, 1.165) is 108 Å². The summed E-state index contributed by atoms with van der Waals surface area (Å²) in [6.07, 6.45) is 40.5. The van der Waals surface area contributed by atoms with E-state index in [1.165, 1.54) is 135 Å². The molecule has 0 aliphatic heterocycles. The molecule has 0 aliphatic rings. The SMILES string of the molecule is CCCCCCCCCCC(=O)OC[C@H](COP(=O)(O)OC[C@H](O)COP(=O)(O)OC[C@@H](COC(=O)CCCCCCCCCCCCCC(C)C)OC(=O)CCCCCCCCCCCCCCC(C)C)OC(=O)CCCCCCCCC(C)C. The highest BCUT2D eigenvalue weighted by Crippen LogP contribution is 2.45. The highest BCUT2D eigenvalue weighted by molar-refractivity contribution is 7.47. The quantitative estimate of drug-likeness (QED) is 0.0222. The molecule has 0 saturated heterocycles. The second kappa shape index (κ2) is 58.2. The molecule has 17 nitrogen and oxygen atoms in total. The Morgan fingerprint density at radius 1 is 0.314 bits per heavy atom. The fourth-order valence-electron chi connectivity index (χ4n) is 10.0. The van der Waals surface area contributed by atoms with E-state index in [2.05, 4.69) is 48.5 Å². The maximum Gasteiger partial charge on any atom is 0.472 e. The van der Waals surface area contributed by atoms with E-state index in [4.69, 9.17) is 37.0 Å². The number of aliphatic hydroxyl groups excluding tert-OH is 1. The molecule has 19 heteroatoms. The van der Waals surface area contributed by atoms with Crippen molar-refractivity contribution in [3.63, 3.8) is 0 Å². The molecule has 3 N–H and O–H groups in total. The van der Waals surface area contributed by atoms with Gasteiger partial charge in [-0.3, -0.25) is 37.3 Å². The molecule has 2 unspecified atom stereocenters. The van der Waals surface area contributed by atoms with E-state index in [0.29, 0.717) is 31.6 Å². The molecule has 0 rings (SSSR count). The Hall–Kier alpha value is -1.94. The standard InChI is InChI=1S/C67H130O17P2/c1-8-9-10-11-12-26-34-41-48-64(69)77-55-63(84-67(72)51-44-37-30-29-33-40-47-60(6)7)57-82-86(75,76)80-53-61(68)52-79-85(73,74)81-56-62(54-78-65(70)49-42-35-27-22-19-15-17-21-25-32-39-46-59(4)5)83-66(71)50-43-36-28-23-18-14-13-16-20-24-31-38-45-58(2)3/h58-63,68H,8-57H2,1-7H3,(H,73,74)(H,75,76)/t61-,62-,63-/m1/s1. The van der Waals surface area contributed by atoms with Crippen molar-refractivity contribution in [3.8, 4) is 0 Å². The van der Waals surface area contributed by atoms with E-state index in [1.807, 2.05) is 0 Å². The smallest absolute Gasteiger partial charge is 0.462 e. The second-order valence-electron chi connectivity index (χ2n) is 25.6. The first kappa shape index (κ1) is 84.1. The first-order valence-electron chi connectivity index (χ1n) is 34.8. The number of rotatable bonds is 65. The number of ether oxygens (including phenoxy) is 4. The van der Waals surface area contributed by atoms with Gasteiger partial charge in [0.1, 0.15) is 19.3 Å². The van der Waals surface area contributed by atoms with Gasteiger partial charge in [0, 0.05) is 25.7 Å². The van der Waals surface area contributed by atoms with Crippen LogP contribution >= 0.6 is 15.6 Å². The Labute approximate surface area is 524 Å².